The molecular weight excluding hydrogens is 230 g/mol. The molecule has 0 amide bonds. The van der Waals surface area contributed by atoms with Gasteiger partial charge in [0.2, 0.25) is 0 Å². The number of aromatic nitrogens is 2. The summed E-state index contributed by atoms with van der Waals surface area (Å²) in [6, 6.07) is 0. The van der Waals surface area contributed by atoms with Crippen LogP contribution in [0, 0.1) is 11.8 Å². The molecular formula is C10H16ClN3S. The first kappa shape index (κ1) is 11.3. The summed E-state index contributed by atoms with van der Waals surface area (Å²) < 4.78 is 4.59. The van der Waals surface area contributed by atoms with E-state index in [1.54, 1.807) is 0 Å². The smallest absolute Gasteiger partial charge is 0.138 e. The Kier molecular flexibility index (Phi) is 3.59. The van der Waals surface area contributed by atoms with Gasteiger partial charge in [-0.15, -0.1) is 5.10 Å². The molecule has 0 saturated carbocycles. The average molecular weight is 246 g/mol. The summed E-state index contributed by atoms with van der Waals surface area (Å²) in [6.07, 6.45) is 1.27. The molecule has 0 aliphatic carbocycles. The van der Waals surface area contributed by atoms with E-state index in [9.17, 15) is 0 Å². The molecule has 0 bridgehead atoms. The number of nitrogens with zero attached hydrogens (tertiary/aromatic N) is 3. The summed E-state index contributed by atoms with van der Waals surface area (Å²) >= 11 is 7.26. The first-order valence-corrected chi connectivity index (χ1v) is 6.51. The average Bonchev–Trinajstić information content (AvgIpc) is 2.59. The number of piperidine rings is 1. The Balaban J connectivity index is 1.94. The fourth-order valence-corrected chi connectivity index (χ4v) is 2.61. The van der Waals surface area contributed by atoms with E-state index in [4.69, 9.17) is 11.6 Å². The monoisotopic (exact) mass is 245 g/mol. The molecule has 0 spiro atoms. The molecule has 1 aliphatic rings. The molecule has 0 N–H and O–H groups in total. The van der Waals surface area contributed by atoms with E-state index >= 15 is 0 Å². The van der Waals surface area contributed by atoms with E-state index < -0.39 is 0 Å². The van der Waals surface area contributed by atoms with Crippen molar-refractivity contribution in [2.24, 2.45) is 11.8 Å². The summed E-state index contributed by atoms with van der Waals surface area (Å²) in [5.41, 5.74) is 0.934. The van der Waals surface area contributed by atoms with Crippen molar-refractivity contribution in [2.75, 3.05) is 13.1 Å². The van der Waals surface area contributed by atoms with E-state index in [0.717, 1.165) is 41.5 Å². The molecule has 1 fully saturated rings. The zero-order valence-corrected chi connectivity index (χ0v) is 10.7. The van der Waals surface area contributed by atoms with Gasteiger partial charge in [0, 0.05) is 24.6 Å². The lowest BCUT2D eigenvalue weighted by Gasteiger charge is -2.34. The van der Waals surface area contributed by atoms with Gasteiger partial charge in [-0.3, -0.25) is 4.90 Å². The molecule has 1 aromatic rings. The maximum atomic E-state index is 5.99. The molecule has 1 saturated heterocycles. The van der Waals surface area contributed by atoms with Crippen LogP contribution in [0.5, 0.6) is 0 Å². The van der Waals surface area contributed by atoms with Gasteiger partial charge in [-0.05, 0) is 24.8 Å². The Bertz CT molecular complexity index is 328. The van der Waals surface area contributed by atoms with E-state index in [1.807, 2.05) is 0 Å². The lowest BCUT2D eigenvalue weighted by atomic mass is 9.89. The molecule has 15 heavy (non-hydrogen) atoms. The van der Waals surface area contributed by atoms with Crippen molar-refractivity contribution >= 4 is 23.1 Å². The second-order valence-corrected chi connectivity index (χ2v) is 5.83. The fourth-order valence-electron chi connectivity index (χ4n) is 2.00. The third kappa shape index (κ3) is 2.68. The first-order valence-electron chi connectivity index (χ1n) is 5.36. The van der Waals surface area contributed by atoms with Gasteiger partial charge >= 0.3 is 0 Å². The molecule has 2 heterocycles. The van der Waals surface area contributed by atoms with Gasteiger partial charge in [-0.2, -0.15) is 0 Å². The third-order valence-corrected chi connectivity index (χ3v) is 4.29. The van der Waals surface area contributed by atoms with Crippen LogP contribution in [0.4, 0.5) is 0 Å². The summed E-state index contributed by atoms with van der Waals surface area (Å²) in [7, 11) is 0. The van der Waals surface area contributed by atoms with E-state index in [2.05, 4.69) is 28.3 Å². The van der Waals surface area contributed by atoms with Crippen LogP contribution in [0.2, 0.25) is 4.34 Å². The van der Waals surface area contributed by atoms with Gasteiger partial charge in [-0.25, -0.2) is 0 Å². The number of hydrogen-bond acceptors (Lipinski definition) is 4. The van der Waals surface area contributed by atoms with Gasteiger partial charge in [0.05, 0.1) is 0 Å². The second-order valence-electron chi connectivity index (χ2n) is 4.47. The summed E-state index contributed by atoms with van der Waals surface area (Å²) in [6.45, 7) is 7.80. The minimum absolute atomic E-state index is 0.737. The Morgan fingerprint density at radius 1 is 1.47 bits per heavy atom. The fraction of sp³-hybridized carbons (Fsp3) is 0.800. The Morgan fingerprint density at radius 2 is 2.27 bits per heavy atom. The van der Waals surface area contributed by atoms with Crippen molar-refractivity contribution in [2.45, 2.75) is 26.8 Å². The lowest BCUT2D eigenvalue weighted by molar-refractivity contribution is 0.131. The quantitative estimate of drug-likeness (QED) is 0.802. The van der Waals surface area contributed by atoms with Gasteiger partial charge in [0.15, 0.2) is 0 Å². The molecule has 3 nitrogen and oxygen atoms in total. The minimum atomic E-state index is 0.737. The Morgan fingerprint density at radius 3 is 2.87 bits per heavy atom. The Hall–Kier alpha value is -0.190. The van der Waals surface area contributed by atoms with Crippen LogP contribution in [-0.2, 0) is 6.54 Å². The number of rotatable bonds is 2. The van der Waals surface area contributed by atoms with Gasteiger partial charge in [-0.1, -0.05) is 29.9 Å². The molecule has 2 rings (SSSR count). The van der Waals surface area contributed by atoms with Gasteiger partial charge in [0.25, 0.3) is 0 Å². The number of halogens is 1. The van der Waals surface area contributed by atoms with Gasteiger partial charge in [0.1, 0.15) is 10.0 Å². The van der Waals surface area contributed by atoms with Crippen LogP contribution in [0.15, 0.2) is 0 Å². The standard InChI is InChI=1S/C10H16ClN3S/c1-7-3-4-14(5-8(7)2)6-9-10(11)15-13-12-9/h7-8H,3-6H2,1-2H3. The first-order chi connectivity index (χ1) is 7.16. The van der Waals surface area contributed by atoms with Gasteiger partial charge < -0.3 is 0 Å². The molecule has 1 aliphatic heterocycles. The molecule has 2 atom stereocenters. The van der Waals surface area contributed by atoms with Crippen LogP contribution in [0.25, 0.3) is 0 Å². The van der Waals surface area contributed by atoms with Crippen molar-refractivity contribution < 1.29 is 0 Å². The lowest BCUT2D eigenvalue weighted by Crippen LogP contribution is -2.37. The summed E-state index contributed by atoms with van der Waals surface area (Å²) in [5, 5.41) is 4.05. The van der Waals surface area contributed by atoms with Crippen LogP contribution >= 0.6 is 23.1 Å². The van der Waals surface area contributed by atoms with Crippen molar-refractivity contribution in [1.82, 2.24) is 14.5 Å². The zero-order chi connectivity index (χ0) is 10.8. The highest BCUT2D eigenvalue weighted by Gasteiger charge is 2.23. The predicted molar refractivity (Wildman–Crippen MR) is 63.1 cm³/mol. The molecule has 2 unspecified atom stereocenters. The predicted octanol–water partition coefficient (Wildman–Crippen LogP) is 2.67. The molecule has 0 radical (unpaired) electrons. The van der Waals surface area contributed by atoms with Crippen LogP contribution in [0.3, 0.4) is 0 Å². The number of likely N-dealkylation sites (tertiary alicyclic amines) is 1. The normalized spacial score (nSPS) is 28.2. The van der Waals surface area contributed by atoms with Crippen molar-refractivity contribution in [3.05, 3.63) is 10.0 Å². The van der Waals surface area contributed by atoms with Crippen LogP contribution in [-0.4, -0.2) is 27.6 Å². The summed E-state index contributed by atoms with van der Waals surface area (Å²) in [5.74, 6) is 1.61. The topological polar surface area (TPSA) is 29.0 Å². The zero-order valence-electron chi connectivity index (χ0n) is 9.11. The van der Waals surface area contributed by atoms with Crippen molar-refractivity contribution in [3.8, 4) is 0 Å². The highest BCUT2D eigenvalue weighted by molar-refractivity contribution is 7.10. The highest BCUT2D eigenvalue weighted by atomic mass is 35.5. The highest BCUT2D eigenvalue weighted by Crippen LogP contribution is 2.25. The molecule has 1 aromatic heterocycles. The molecule has 84 valence electrons. The summed E-state index contributed by atoms with van der Waals surface area (Å²) in [4.78, 5) is 2.42. The minimum Gasteiger partial charge on any atom is -0.297 e. The molecule has 0 aromatic carbocycles. The van der Waals surface area contributed by atoms with Crippen LogP contribution < -0.4 is 0 Å². The Labute approximate surface area is 99.6 Å². The SMILES string of the molecule is CC1CCN(Cc2nnsc2Cl)CC1C. The van der Waals surface area contributed by atoms with Crippen molar-refractivity contribution in [1.29, 1.82) is 0 Å². The largest absolute Gasteiger partial charge is 0.297 e. The van der Waals surface area contributed by atoms with E-state index in [0.29, 0.717) is 0 Å². The van der Waals surface area contributed by atoms with Crippen LogP contribution in [0.1, 0.15) is 26.0 Å². The number of hydrogen-bond donors (Lipinski definition) is 0. The second kappa shape index (κ2) is 4.76. The van der Waals surface area contributed by atoms with E-state index in [-0.39, 0.29) is 0 Å². The van der Waals surface area contributed by atoms with Crippen molar-refractivity contribution in [3.63, 3.8) is 0 Å². The third-order valence-electron chi connectivity index (χ3n) is 3.30. The molecule has 5 heteroatoms. The van der Waals surface area contributed by atoms with E-state index in [1.165, 1.54) is 18.0 Å². The maximum absolute atomic E-state index is 5.99. The maximum Gasteiger partial charge on any atom is 0.138 e.